The van der Waals surface area contributed by atoms with Crippen LogP contribution in [0.2, 0.25) is 0 Å². The maximum atomic E-state index is 10.9. The van der Waals surface area contributed by atoms with Crippen LogP contribution in [0, 0.1) is 0 Å². The van der Waals surface area contributed by atoms with E-state index in [1.54, 1.807) is 115 Å². The van der Waals surface area contributed by atoms with Crippen LogP contribution in [0.25, 0.3) is 11.1 Å². The Morgan fingerprint density at radius 1 is 0.250 bits per heavy atom. The first-order chi connectivity index (χ1) is 29.1. The molecule has 0 aliphatic rings. The lowest BCUT2D eigenvalue weighted by Gasteiger charge is -2.05. The van der Waals surface area contributed by atoms with Gasteiger partial charge in [-0.3, -0.25) is 24.0 Å². The zero-order valence-corrected chi connectivity index (χ0v) is 36.4. The molecule has 0 heterocycles. The first-order valence-electron chi connectivity index (χ1n) is 19.0. The fourth-order valence-electron chi connectivity index (χ4n) is 5.00. The van der Waals surface area contributed by atoms with Crippen molar-refractivity contribution in [3.05, 3.63) is 173 Å². The Bertz CT molecular complexity index is 2150. The lowest BCUT2D eigenvalue weighted by molar-refractivity contribution is 0.100. The predicted octanol–water partition coefficient (Wildman–Crippen LogP) is 18.2. The molecule has 0 aliphatic heterocycles. The van der Waals surface area contributed by atoms with E-state index in [1.807, 2.05) is 72.8 Å². The lowest BCUT2D eigenvalue weighted by atomic mass is 10.1. The summed E-state index contributed by atoms with van der Waals surface area (Å²) in [5.41, 5.74) is 5.50. The molecular formula is C62H98O10. The maximum absolute atomic E-state index is 10.9. The minimum absolute atomic E-state index is 0. The number of ether oxygens (including phenoxy) is 5. The Morgan fingerprint density at radius 2 is 0.417 bits per heavy atom. The van der Waals surface area contributed by atoms with E-state index in [-0.39, 0.29) is 111 Å². The quantitative estimate of drug-likeness (QED) is 0.116. The molecule has 0 amide bonds. The Morgan fingerprint density at radius 3 is 0.597 bits per heavy atom. The number of hydrogen-bond acceptors (Lipinski definition) is 10. The molecule has 0 aliphatic carbocycles. The van der Waals surface area contributed by atoms with Crippen molar-refractivity contribution in [1.82, 2.24) is 0 Å². The SMILES string of the molecule is C.C.C.C.C.C.C.C.C.C.C.CC(=O)c1ccc(C(C)=O)cc1.CC(=O)c1cccc(C(C)=O)c1.COc1ccc(-c2ccc(OC)cc2)cc1.COc1ccc(C(C)=O)cc1.COc1ccc(OC)cc1. The second-order valence-corrected chi connectivity index (χ2v) is 13.0. The monoisotopic (exact) mass is 1000 g/mol. The second-order valence-electron chi connectivity index (χ2n) is 13.0. The van der Waals surface area contributed by atoms with Crippen LogP contribution < -0.4 is 23.7 Å². The Labute approximate surface area is 440 Å². The zero-order chi connectivity index (χ0) is 45.3. The number of ketones is 5. The van der Waals surface area contributed by atoms with E-state index >= 15 is 0 Å². The molecular weight excluding hydrogens is 905 g/mol. The topological polar surface area (TPSA) is 132 Å². The Hall–Kier alpha value is -7.33. The molecule has 0 saturated heterocycles. The molecule has 0 saturated carbocycles. The van der Waals surface area contributed by atoms with Gasteiger partial charge in [-0.2, -0.15) is 0 Å². The predicted molar refractivity (Wildman–Crippen MR) is 314 cm³/mol. The van der Waals surface area contributed by atoms with E-state index in [9.17, 15) is 24.0 Å². The summed E-state index contributed by atoms with van der Waals surface area (Å²) in [6.45, 7) is 7.52. The van der Waals surface area contributed by atoms with E-state index in [2.05, 4.69) is 0 Å². The van der Waals surface area contributed by atoms with E-state index in [0.29, 0.717) is 27.8 Å². The standard InChI is InChI=1S/C14H14O2.2C10H10O2.C9H10O2.C8H10O2.11CH4/c1-15-13-7-3-11(4-8-13)12-5-9-14(16-2)10-6-12;1-7(11)9-3-5-10(6-4-9)8(2)12;1-7(11)9-4-3-5-10(6-9)8(2)12;1-7(10)8-3-5-9(11-2)6-4-8;1-9-7-3-5-8(10-2)6-4-7;;;;;;;;;;;/h3-10H,1-2H3;2*3-6H,1-2H3;3-6H,1-2H3;3-6H,1-2H3;11*1H4. The highest BCUT2D eigenvalue weighted by atomic mass is 16.5. The molecule has 72 heavy (non-hydrogen) atoms. The average molecular weight is 1000 g/mol. The average Bonchev–Trinajstić information content (AvgIpc) is 3.30. The van der Waals surface area contributed by atoms with Gasteiger partial charge in [0.2, 0.25) is 0 Å². The molecule has 6 aromatic rings. The van der Waals surface area contributed by atoms with Gasteiger partial charge in [-0.05, 0) is 125 Å². The van der Waals surface area contributed by atoms with Crippen molar-refractivity contribution >= 4 is 28.9 Å². The highest BCUT2D eigenvalue weighted by Crippen LogP contribution is 2.24. The third-order valence-corrected chi connectivity index (χ3v) is 8.68. The molecule has 406 valence electrons. The van der Waals surface area contributed by atoms with Gasteiger partial charge in [0.05, 0.1) is 35.5 Å². The summed E-state index contributed by atoms with van der Waals surface area (Å²) < 4.78 is 25.1. The highest BCUT2D eigenvalue weighted by molar-refractivity contribution is 5.99. The van der Waals surface area contributed by atoms with Gasteiger partial charge in [0, 0.05) is 27.8 Å². The fourth-order valence-corrected chi connectivity index (χ4v) is 5.00. The molecule has 0 radical (unpaired) electrons. The van der Waals surface area contributed by atoms with Crippen molar-refractivity contribution in [3.8, 4) is 39.9 Å². The number of methoxy groups -OCH3 is 5. The zero-order valence-electron chi connectivity index (χ0n) is 36.4. The summed E-state index contributed by atoms with van der Waals surface area (Å²) in [6, 6.07) is 43.9. The number of rotatable bonds is 11. The largest absolute Gasteiger partial charge is 0.497 e. The van der Waals surface area contributed by atoms with Crippen molar-refractivity contribution < 1.29 is 47.7 Å². The van der Waals surface area contributed by atoms with Gasteiger partial charge in [-0.1, -0.05) is 148 Å². The fraction of sp³-hybridized carbons (Fsp3) is 0.339. The van der Waals surface area contributed by atoms with Gasteiger partial charge in [0.15, 0.2) is 28.9 Å². The van der Waals surface area contributed by atoms with Crippen LogP contribution in [0.15, 0.2) is 146 Å². The molecule has 0 bridgehead atoms. The van der Waals surface area contributed by atoms with Crippen LogP contribution in [0.5, 0.6) is 28.7 Å². The Kier molecular flexibility index (Phi) is 57.7. The van der Waals surface area contributed by atoms with Gasteiger partial charge in [-0.15, -0.1) is 0 Å². The summed E-state index contributed by atoms with van der Waals surface area (Å²) in [5.74, 6) is 4.30. The second kappa shape index (κ2) is 47.4. The summed E-state index contributed by atoms with van der Waals surface area (Å²) in [5, 5.41) is 0. The minimum atomic E-state index is -0.0156. The van der Waals surface area contributed by atoms with Crippen molar-refractivity contribution in [2.24, 2.45) is 0 Å². The van der Waals surface area contributed by atoms with E-state index in [4.69, 9.17) is 23.7 Å². The molecule has 10 nitrogen and oxygen atoms in total. The summed E-state index contributed by atoms with van der Waals surface area (Å²) in [6.07, 6.45) is 0. The first kappa shape index (κ1) is 87.7. The van der Waals surface area contributed by atoms with E-state index in [1.165, 1.54) is 38.8 Å². The van der Waals surface area contributed by atoms with Crippen LogP contribution in [0.1, 0.15) is 168 Å². The molecule has 0 atom stereocenters. The third-order valence-electron chi connectivity index (χ3n) is 8.68. The van der Waals surface area contributed by atoms with Gasteiger partial charge in [-0.25, -0.2) is 0 Å². The third kappa shape index (κ3) is 31.7. The number of carbonyl (C=O) groups is 5. The number of carbonyl (C=O) groups excluding carboxylic acids is 5. The van der Waals surface area contributed by atoms with Crippen LogP contribution in [0.4, 0.5) is 0 Å². The highest BCUT2D eigenvalue weighted by Gasteiger charge is 2.04. The molecule has 10 heteroatoms. The summed E-state index contributed by atoms with van der Waals surface area (Å²) in [4.78, 5) is 54.3. The van der Waals surface area contributed by atoms with Gasteiger partial charge < -0.3 is 23.7 Å². The molecule has 6 aromatic carbocycles. The van der Waals surface area contributed by atoms with Crippen LogP contribution in [0.3, 0.4) is 0 Å². The van der Waals surface area contributed by atoms with E-state index in [0.717, 1.165) is 28.7 Å². The van der Waals surface area contributed by atoms with Gasteiger partial charge in [0.25, 0.3) is 0 Å². The van der Waals surface area contributed by atoms with Gasteiger partial charge >= 0.3 is 0 Å². The first-order valence-corrected chi connectivity index (χ1v) is 19.0. The number of Topliss-reactive ketones (excluding diaryl/α,β-unsaturated/α-hetero) is 5. The maximum Gasteiger partial charge on any atom is 0.159 e. The number of benzene rings is 6. The molecule has 0 spiro atoms. The van der Waals surface area contributed by atoms with E-state index < -0.39 is 0 Å². The van der Waals surface area contributed by atoms with Crippen LogP contribution in [-0.2, 0) is 0 Å². The van der Waals surface area contributed by atoms with Gasteiger partial charge in [0.1, 0.15) is 28.7 Å². The van der Waals surface area contributed by atoms with Crippen molar-refractivity contribution in [3.63, 3.8) is 0 Å². The summed E-state index contributed by atoms with van der Waals surface area (Å²) >= 11 is 0. The molecule has 0 aromatic heterocycles. The molecule has 0 unspecified atom stereocenters. The number of hydrogen-bond donors (Lipinski definition) is 0. The summed E-state index contributed by atoms with van der Waals surface area (Å²) in [7, 11) is 8.22. The Balaban J connectivity index is -0.0000000810. The van der Waals surface area contributed by atoms with Crippen LogP contribution in [-0.4, -0.2) is 64.5 Å². The van der Waals surface area contributed by atoms with Crippen molar-refractivity contribution in [2.45, 2.75) is 116 Å². The van der Waals surface area contributed by atoms with Crippen molar-refractivity contribution in [1.29, 1.82) is 0 Å². The normalized spacial score (nSPS) is 8.03. The minimum Gasteiger partial charge on any atom is -0.497 e. The molecule has 0 fully saturated rings. The molecule has 0 N–H and O–H groups in total. The molecule has 6 rings (SSSR count). The van der Waals surface area contributed by atoms with Crippen molar-refractivity contribution in [2.75, 3.05) is 35.5 Å². The lowest BCUT2D eigenvalue weighted by Crippen LogP contribution is -1.96. The smallest absolute Gasteiger partial charge is 0.159 e. The van der Waals surface area contributed by atoms with Crippen LogP contribution >= 0.6 is 0 Å².